The summed E-state index contributed by atoms with van der Waals surface area (Å²) in [5.41, 5.74) is 5.26. The molecular weight excluding hydrogens is 186 g/mol. The first-order valence-corrected chi connectivity index (χ1v) is 3.72. The van der Waals surface area contributed by atoms with E-state index in [1.807, 2.05) is 0 Å². The van der Waals surface area contributed by atoms with Crippen LogP contribution in [0.25, 0.3) is 0 Å². The molecule has 0 aliphatic carbocycles. The highest BCUT2D eigenvalue weighted by molar-refractivity contribution is 6.40. The van der Waals surface area contributed by atoms with Gasteiger partial charge >= 0.3 is 5.97 Å². The van der Waals surface area contributed by atoms with Crippen LogP contribution in [0, 0.1) is 0 Å². The Morgan fingerprint density at radius 3 is 2.29 bits per heavy atom. The minimum Gasteiger partial charge on any atom is -0.444 e. The van der Waals surface area contributed by atoms with E-state index in [2.05, 4.69) is 4.74 Å². The van der Waals surface area contributed by atoms with Crippen LogP contribution in [0.15, 0.2) is 30.3 Å². The Bertz CT molecular complexity index is 310. The topological polar surface area (TPSA) is 101 Å². The first-order valence-electron chi connectivity index (χ1n) is 3.72. The molecule has 0 aliphatic heterocycles. The lowest BCUT2D eigenvalue weighted by atomic mass is 10.1. The van der Waals surface area contributed by atoms with E-state index in [0.29, 0.717) is 5.56 Å². The van der Waals surface area contributed by atoms with Gasteiger partial charge in [-0.3, -0.25) is 10.5 Å². The molecule has 0 bridgehead atoms. The van der Waals surface area contributed by atoms with Gasteiger partial charge in [0, 0.05) is 5.56 Å². The molecule has 0 amide bonds. The smallest absolute Gasteiger partial charge is 0.380 e. The number of benzene rings is 1. The second-order valence-electron chi connectivity index (χ2n) is 2.29. The number of ketones is 1. The van der Waals surface area contributed by atoms with Crippen molar-refractivity contribution in [1.82, 2.24) is 0 Å². The first kappa shape index (κ1) is 12.3. The molecule has 0 radical (unpaired) electrons. The summed E-state index contributed by atoms with van der Waals surface area (Å²) in [6, 6.07) is 8.18. The van der Waals surface area contributed by atoms with Crippen LogP contribution in [0.3, 0.4) is 0 Å². The average Bonchev–Trinajstić information content (AvgIpc) is 2.18. The van der Waals surface area contributed by atoms with Gasteiger partial charge in [0.1, 0.15) is 6.73 Å². The lowest BCUT2D eigenvalue weighted by Crippen LogP contribution is -2.20. The van der Waals surface area contributed by atoms with Gasteiger partial charge in [-0.25, -0.2) is 4.79 Å². The molecule has 0 fully saturated rings. The van der Waals surface area contributed by atoms with E-state index >= 15 is 0 Å². The predicted molar refractivity (Wildman–Crippen MR) is 49.5 cm³/mol. The van der Waals surface area contributed by atoms with E-state index in [0.717, 1.165) is 0 Å². The molecule has 5 nitrogen and oxygen atoms in total. The number of carbonyl (C=O) groups is 2. The van der Waals surface area contributed by atoms with E-state index in [-0.39, 0.29) is 12.2 Å². The van der Waals surface area contributed by atoms with Crippen molar-refractivity contribution in [3.63, 3.8) is 0 Å². The van der Waals surface area contributed by atoms with Crippen LogP contribution in [0.2, 0.25) is 0 Å². The van der Waals surface area contributed by atoms with Crippen LogP contribution >= 0.6 is 0 Å². The quantitative estimate of drug-likeness (QED) is 0.305. The number of nitrogens with two attached hydrogens (primary N) is 1. The molecule has 1 aromatic rings. The summed E-state index contributed by atoms with van der Waals surface area (Å²) in [5.74, 6) is -1.60. The standard InChI is InChI=1S/C9H9NO3.H2O/c10-6-13-9(12)8(11)7-4-2-1-3-5-7;/h1-5H,6,10H2;1H2. The van der Waals surface area contributed by atoms with Crippen LogP contribution in [-0.4, -0.2) is 24.0 Å². The number of rotatable bonds is 3. The Balaban J connectivity index is 0.00000169. The van der Waals surface area contributed by atoms with E-state index in [4.69, 9.17) is 5.73 Å². The summed E-state index contributed by atoms with van der Waals surface area (Å²) in [6.07, 6.45) is 0. The van der Waals surface area contributed by atoms with Crippen LogP contribution in [0.5, 0.6) is 0 Å². The molecule has 0 spiro atoms. The Hall–Kier alpha value is -1.72. The Labute approximate surface area is 80.8 Å². The van der Waals surface area contributed by atoms with Gasteiger partial charge in [0.25, 0.3) is 5.78 Å². The maximum absolute atomic E-state index is 11.2. The van der Waals surface area contributed by atoms with E-state index < -0.39 is 11.8 Å². The normalized spacial score (nSPS) is 8.64. The Morgan fingerprint density at radius 1 is 1.21 bits per heavy atom. The second-order valence-corrected chi connectivity index (χ2v) is 2.29. The Kier molecular flexibility index (Phi) is 5.13. The summed E-state index contributed by atoms with van der Waals surface area (Å²) in [6.45, 7) is -0.280. The number of ether oxygens (including phenoxy) is 1. The van der Waals surface area contributed by atoms with Crippen molar-refractivity contribution in [3.05, 3.63) is 35.9 Å². The van der Waals surface area contributed by atoms with Crippen molar-refractivity contribution < 1.29 is 19.8 Å². The maximum atomic E-state index is 11.2. The number of hydrogen-bond donors (Lipinski definition) is 1. The van der Waals surface area contributed by atoms with Gasteiger partial charge in [-0.2, -0.15) is 0 Å². The lowest BCUT2D eigenvalue weighted by Gasteiger charge is -1.99. The van der Waals surface area contributed by atoms with E-state index in [1.165, 1.54) is 0 Å². The van der Waals surface area contributed by atoms with Crippen molar-refractivity contribution >= 4 is 11.8 Å². The number of Topliss-reactive ketones (excluding diaryl/α,β-unsaturated/α-hetero) is 1. The molecule has 76 valence electrons. The van der Waals surface area contributed by atoms with E-state index in [9.17, 15) is 9.59 Å². The van der Waals surface area contributed by atoms with Crippen LogP contribution in [0.1, 0.15) is 10.4 Å². The highest BCUT2D eigenvalue weighted by Crippen LogP contribution is 2.00. The average molecular weight is 197 g/mol. The summed E-state index contributed by atoms with van der Waals surface area (Å²) >= 11 is 0. The van der Waals surface area contributed by atoms with E-state index in [1.54, 1.807) is 30.3 Å². The molecular formula is C9H11NO4. The molecule has 0 aliphatic rings. The number of esters is 1. The maximum Gasteiger partial charge on any atom is 0.380 e. The van der Waals surface area contributed by atoms with Gasteiger partial charge in [0.2, 0.25) is 0 Å². The lowest BCUT2D eigenvalue weighted by molar-refractivity contribution is -0.137. The summed E-state index contributed by atoms with van der Waals surface area (Å²) < 4.78 is 4.35. The Morgan fingerprint density at radius 2 is 1.79 bits per heavy atom. The molecule has 5 heteroatoms. The van der Waals surface area contributed by atoms with Crippen molar-refractivity contribution in [2.75, 3.05) is 6.73 Å². The predicted octanol–water partition coefficient (Wildman–Crippen LogP) is -0.496. The molecule has 0 heterocycles. The molecule has 0 aromatic heterocycles. The molecule has 0 saturated heterocycles. The van der Waals surface area contributed by atoms with Gasteiger partial charge in [-0.1, -0.05) is 30.3 Å². The molecule has 14 heavy (non-hydrogen) atoms. The summed E-state index contributed by atoms with van der Waals surface area (Å²) in [7, 11) is 0. The fraction of sp³-hybridized carbons (Fsp3) is 0.111. The van der Waals surface area contributed by atoms with Crippen molar-refractivity contribution in [3.8, 4) is 0 Å². The fourth-order valence-corrected chi connectivity index (χ4v) is 0.849. The van der Waals surface area contributed by atoms with Crippen molar-refractivity contribution in [2.45, 2.75) is 0 Å². The van der Waals surface area contributed by atoms with Crippen LogP contribution in [-0.2, 0) is 9.53 Å². The largest absolute Gasteiger partial charge is 0.444 e. The zero-order chi connectivity index (χ0) is 9.68. The third-order valence-corrected chi connectivity index (χ3v) is 1.44. The van der Waals surface area contributed by atoms with Gasteiger partial charge < -0.3 is 10.2 Å². The SMILES string of the molecule is NCOC(=O)C(=O)c1ccccc1.O. The molecule has 0 atom stereocenters. The molecule has 0 saturated carbocycles. The fourth-order valence-electron chi connectivity index (χ4n) is 0.849. The van der Waals surface area contributed by atoms with Gasteiger partial charge in [-0.15, -0.1) is 0 Å². The molecule has 0 unspecified atom stereocenters. The highest BCUT2D eigenvalue weighted by Gasteiger charge is 2.16. The highest BCUT2D eigenvalue weighted by atomic mass is 16.5. The second kappa shape index (κ2) is 5.85. The number of carbonyl (C=O) groups excluding carboxylic acids is 2. The third kappa shape index (κ3) is 2.96. The van der Waals surface area contributed by atoms with Crippen LogP contribution in [0.4, 0.5) is 0 Å². The zero-order valence-corrected chi connectivity index (χ0v) is 7.40. The molecule has 1 rings (SSSR count). The molecule has 1 aromatic carbocycles. The minimum atomic E-state index is -0.922. The third-order valence-electron chi connectivity index (χ3n) is 1.44. The minimum absolute atomic E-state index is 0. The first-order chi connectivity index (χ1) is 6.25. The monoisotopic (exact) mass is 197 g/mol. The van der Waals surface area contributed by atoms with Gasteiger partial charge in [-0.05, 0) is 0 Å². The van der Waals surface area contributed by atoms with Gasteiger partial charge in [0.05, 0.1) is 0 Å². The zero-order valence-electron chi connectivity index (χ0n) is 7.40. The number of hydrogen-bond acceptors (Lipinski definition) is 4. The summed E-state index contributed by atoms with van der Waals surface area (Å²) in [4.78, 5) is 22.1. The van der Waals surface area contributed by atoms with Crippen molar-refractivity contribution in [2.24, 2.45) is 5.73 Å². The van der Waals surface area contributed by atoms with Gasteiger partial charge in [0.15, 0.2) is 0 Å². The van der Waals surface area contributed by atoms with Crippen LogP contribution < -0.4 is 5.73 Å². The van der Waals surface area contributed by atoms with Crippen molar-refractivity contribution in [1.29, 1.82) is 0 Å². The molecule has 4 N–H and O–H groups in total. The summed E-state index contributed by atoms with van der Waals surface area (Å²) in [5, 5.41) is 0.